The second kappa shape index (κ2) is 8.15. The molecule has 3 heterocycles. The van der Waals surface area contributed by atoms with Gasteiger partial charge >= 0.3 is 0 Å². The molecular formula is C28H28F2N4O2S. The monoisotopic (exact) mass is 522 g/mol. The van der Waals surface area contributed by atoms with Gasteiger partial charge in [0.05, 0.1) is 28.1 Å². The number of nitrogens with zero attached hydrogens (tertiary/aromatic N) is 4. The van der Waals surface area contributed by atoms with Crippen LogP contribution in [0.1, 0.15) is 60.0 Å². The van der Waals surface area contributed by atoms with Gasteiger partial charge < -0.3 is 4.90 Å². The third-order valence-electron chi connectivity index (χ3n) is 8.76. The molecule has 1 saturated heterocycles. The van der Waals surface area contributed by atoms with Crippen LogP contribution in [0.25, 0.3) is 11.3 Å². The number of hydrogen-bond acceptors (Lipinski definition) is 5. The van der Waals surface area contributed by atoms with Crippen LogP contribution in [0, 0.1) is 17.0 Å². The van der Waals surface area contributed by atoms with Crippen molar-refractivity contribution in [2.24, 2.45) is 5.41 Å². The van der Waals surface area contributed by atoms with Crippen LogP contribution in [0.2, 0.25) is 0 Å². The summed E-state index contributed by atoms with van der Waals surface area (Å²) < 4.78 is 41.3. The van der Waals surface area contributed by atoms with Gasteiger partial charge in [0, 0.05) is 24.6 Å². The quantitative estimate of drug-likeness (QED) is 0.482. The highest BCUT2D eigenvalue weighted by atomic mass is 32.2. The lowest BCUT2D eigenvalue weighted by atomic mass is 9.66. The summed E-state index contributed by atoms with van der Waals surface area (Å²) in [6, 6.07) is 11.0. The van der Waals surface area contributed by atoms with Gasteiger partial charge in [0.25, 0.3) is 5.91 Å². The summed E-state index contributed by atoms with van der Waals surface area (Å²) in [6.45, 7) is 5.13. The first kappa shape index (κ1) is 24.2. The molecule has 2 aliphatic carbocycles. The molecular weight excluding hydrogens is 494 g/mol. The van der Waals surface area contributed by atoms with Crippen molar-refractivity contribution in [3.05, 3.63) is 76.7 Å². The molecule has 0 unspecified atom stereocenters. The van der Waals surface area contributed by atoms with Crippen LogP contribution in [0.5, 0.6) is 0 Å². The average molecular weight is 523 g/mol. The molecule has 1 amide bonds. The van der Waals surface area contributed by atoms with E-state index in [4.69, 9.17) is 4.98 Å². The van der Waals surface area contributed by atoms with Gasteiger partial charge in [-0.15, -0.1) is 5.10 Å². The molecule has 2 aromatic heterocycles. The first-order valence-corrected chi connectivity index (χ1v) is 14.5. The lowest BCUT2D eigenvalue weighted by Gasteiger charge is -2.37. The van der Waals surface area contributed by atoms with Crippen LogP contribution in [0.4, 0.5) is 8.78 Å². The van der Waals surface area contributed by atoms with Gasteiger partial charge in [-0.2, -0.15) is 5.10 Å². The standard InChI is InChI=1S/C28H28F2N4O2S/c1-27(2)18-10-11-28(27,25-17(18)16-22(32-33-25)24-19(29)6-4-7-20(24)30)23-9-5-8-21(31-23)26(35)34-12-14-37(3,36)15-13-34/h4-9,16,18H,3,10-15H2,1-2H3/t18-,28-/m0/s1. The molecule has 1 aromatic carbocycles. The fourth-order valence-corrected chi connectivity index (χ4v) is 7.99. The number of amides is 1. The summed E-state index contributed by atoms with van der Waals surface area (Å²) in [7, 11) is -2.12. The van der Waals surface area contributed by atoms with Crippen LogP contribution >= 0.6 is 0 Å². The Bertz CT molecular complexity index is 1520. The highest BCUT2D eigenvalue weighted by molar-refractivity contribution is 8.00. The number of halogens is 2. The van der Waals surface area contributed by atoms with Gasteiger partial charge in [-0.25, -0.2) is 13.8 Å². The maximum Gasteiger partial charge on any atom is 0.272 e. The van der Waals surface area contributed by atoms with Crippen molar-refractivity contribution in [3.8, 4) is 11.3 Å². The number of hydrogen-bond donors (Lipinski definition) is 0. The van der Waals surface area contributed by atoms with Crippen LogP contribution in [-0.4, -0.2) is 60.7 Å². The number of carbonyl (C=O) groups is 1. The zero-order valence-electron chi connectivity index (χ0n) is 20.8. The summed E-state index contributed by atoms with van der Waals surface area (Å²) in [5.74, 6) is 3.14. The fourth-order valence-electron chi connectivity index (χ4n) is 6.68. The number of pyridine rings is 1. The van der Waals surface area contributed by atoms with E-state index in [1.807, 2.05) is 12.1 Å². The Morgan fingerprint density at radius 1 is 1.08 bits per heavy atom. The topological polar surface area (TPSA) is 76.1 Å². The maximum absolute atomic E-state index is 14.5. The van der Waals surface area contributed by atoms with Crippen molar-refractivity contribution in [2.75, 3.05) is 24.6 Å². The largest absolute Gasteiger partial charge is 0.336 e. The number of rotatable bonds is 3. The van der Waals surface area contributed by atoms with Crippen molar-refractivity contribution in [1.29, 1.82) is 0 Å². The Hall–Kier alpha value is -3.20. The van der Waals surface area contributed by atoms with Gasteiger partial charge in [0.1, 0.15) is 17.3 Å². The van der Waals surface area contributed by atoms with E-state index in [-0.39, 0.29) is 28.5 Å². The highest BCUT2D eigenvalue weighted by Crippen LogP contribution is 2.69. The van der Waals surface area contributed by atoms with E-state index in [0.29, 0.717) is 30.3 Å². The van der Waals surface area contributed by atoms with Crippen LogP contribution < -0.4 is 0 Å². The predicted octanol–water partition coefficient (Wildman–Crippen LogP) is 4.19. The van der Waals surface area contributed by atoms with Gasteiger partial charge in [-0.05, 0) is 75.5 Å². The van der Waals surface area contributed by atoms with Crippen LogP contribution in [-0.2, 0) is 14.9 Å². The maximum atomic E-state index is 14.5. The third kappa shape index (κ3) is 3.46. The summed E-state index contributed by atoms with van der Waals surface area (Å²) in [4.78, 5) is 19.9. The van der Waals surface area contributed by atoms with Gasteiger partial charge in [0.15, 0.2) is 0 Å². The smallest absolute Gasteiger partial charge is 0.272 e. The second-order valence-electron chi connectivity index (χ2n) is 10.9. The zero-order valence-corrected chi connectivity index (χ0v) is 21.7. The van der Waals surface area contributed by atoms with E-state index in [0.717, 1.165) is 29.8 Å². The zero-order chi connectivity index (χ0) is 26.2. The van der Waals surface area contributed by atoms with Gasteiger partial charge in [0.2, 0.25) is 0 Å². The number of fused-ring (bicyclic) bond motifs is 5. The molecule has 9 heteroatoms. The molecule has 3 aromatic rings. The van der Waals surface area contributed by atoms with E-state index in [2.05, 4.69) is 29.9 Å². The van der Waals surface area contributed by atoms with E-state index in [9.17, 15) is 17.8 Å². The Labute approximate surface area is 215 Å². The van der Waals surface area contributed by atoms with E-state index >= 15 is 0 Å². The Morgan fingerprint density at radius 2 is 1.76 bits per heavy atom. The molecule has 6 rings (SSSR count). The molecule has 0 N–H and O–H groups in total. The van der Waals surface area contributed by atoms with Crippen molar-refractivity contribution in [2.45, 2.75) is 38.0 Å². The van der Waals surface area contributed by atoms with Crippen molar-refractivity contribution >= 4 is 21.3 Å². The molecule has 2 atom stereocenters. The molecule has 6 nitrogen and oxygen atoms in total. The SMILES string of the molecule is C=S1(=O)CCN(C(=O)c2cccc([C@@]34CC[C@@H](c5cc(-c6c(F)cccc6F)nnc53)C4(C)C)n2)CC1. The van der Waals surface area contributed by atoms with E-state index < -0.39 is 26.6 Å². The molecule has 0 radical (unpaired) electrons. The minimum absolute atomic E-state index is 0.111. The molecule has 192 valence electrons. The van der Waals surface area contributed by atoms with Crippen LogP contribution in [0.15, 0.2) is 42.5 Å². The summed E-state index contributed by atoms with van der Waals surface area (Å²) >= 11 is 0. The Kier molecular flexibility index (Phi) is 5.32. The summed E-state index contributed by atoms with van der Waals surface area (Å²) in [5, 5.41) is 8.84. The average Bonchev–Trinajstić information content (AvgIpc) is 3.24. The second-order valence-corrected chi connectivity index (χ2v) is 13.7. The normalized spacial score (nSPS) is 25.2. The molecule has 3 aliphatic rings. The molecule has 1 saturated carbocycles. The predicted molar refractivity (Wildman–Crippen MR) is 139 cm³/mol. The van der Waals surface area contributed by atoms with Gasteiger partial charge in [-0.3, -0.25) is 9.00 Å². The van der Waals surface area contributed by atoms with E-state index in [1.165, 1.54) is 18.2 Å². The summed E-state index contributed by atoms with van der Waals surface area (Å²) in [5.41, 5.74) is 1.92. The number of carbonyl (C=O) groups excluding carboxylic acids is 1. The number of benzene rings is 1. The first-order chi connectivity index (χ1) is 17.5. The van der Waals surface area contributed by atoms with E-state index in [1.54, 1.807) is 17.0 Å². The Morgan fingerprint density at radius 3 is 2.46 bits per heavy atom. The molecule has 1 aliphatic heterocycles. The minimum Gasteiger partial charge on any atom is -0.336 e. The lowest BCUT2D eigenvalue weighted by molar-refractivity contribution is 0.0764. The lowest BCUT2D eigenvalue weighted by Crippen LogP contribution is -2.44. The Balaban J connectivity index is 1.42. The fraction of sp³-hybridized carbons (Fsp3) is 0.393. The third-order valence-corrected chi connectivity index (χ3v) is 10.6. The molecule has 37 heavy (non-hydrogen) atoms. The first-order valence-electron chi connectivity index (χ1n) is 12.5. The molecule has 2 fully saturated rings. The van der Waals surface area contributed by atoms with Crippen molar-refractivity contribution < 1.29 is 17.8 Å². The number of aromatic nitrogens is 3. The van der Waals surface area contributed by atoms with Gasteiger partial charge in [-0.1, -0.05) is 26.0 Å². The highest BCUT2D eigenvalue weighted by Gasteiger charge is 2.65. The molecule has 2 bridgehead atoms. The summed E-state index contributed by atoms with van der Waals surface area (Å²) in [6.07, 6.45) is 1.66. The van der Waals surface area contributed by atoms with Crippen LogP contribution in [0.3, 0.4) is 0 Å². The molecule has 0 spiro atoms. The minimum atomic E-state index is -2.12. The van der Waals surface area contributed by atoms with Crippen molar-refractivity contribution in [1.82, 2.24) is 20.1 Å². The van der Waals surface area contributed by atoms with Crippen molar-refractivity contribution in [3.63, 3.8) is 0 Å².